The fraction of sp³-hybridized carbons (Fsp3) is 0.200. The number of ketones is 1. The average molecular weight is 189 g/mol. The molecule has 0 fully saturated rings. The highest BCUT2D eigenvalue weighted by atomic mass is 16.5. The summed E-state index contributed by atoms with van der Waals surface area (Å²) in [6.07, 6.45) is -1.00. The van der Waals surface area contributed by atoms with Crippen LogP contribution in [0.25, 0.3) is 0 Å². The molecular weight excluding hydrogens is 182 g/mol. The van der Waals surface area contributed by atoms with Gasteiger partial charge in [0.2, 0.25) is 11.9 Å². The standard InChI is InChI=1S/C10H7NO3/c1-13-6-2-3-8-7(4-6)10(12)9(5-11)14-8/h2-4,9H,1H3/t9-/m0/s1. The summed E-state index contributed by atoms with van der Waals surface area (Å²) in [6.45, 7) is 0. The number of nitrogens with zero attached hydrogens (tertiary/aromatic N) is 1. The SMILES string of the molecule is COc1ccc2c(c1)C(=O)[C@H](C#N)O2. The lowest BCUT2D eigenvalue weighted by Crippen LogP contribution is -2.17. The number of rotatable bonds is 1. The number of hydrogen-bond acceptors (Lipinski definition) is 4. The van der Waals surface area contributed by atoms with Crippen LogP contribution in [0.2, 0.25) is 0 Å². The summed E-state index contributed by atoms with van der Waals surface area (Å²) < 4.78 is 10.1. The van der Waals surface area contributed by atoms with E-state index in [1.54, 1.807) is 24.3 Å². The zero-order valence-corrected chi connectivity index (χ0v) is 7.48. The Bertz CT molecular complexity index is 433. The van der Waals surface area contributed by atoms with Gasteiger partial charge in [0, 0.05) is 0 Å². The van der Waals surface area contributed by atoms with Crippen LogP contribution >= 0.6 is 0 Å². The van der Waals surface area contributed by atoms with E-state index in [1.807, 2.05) is 0 Å². The van der Waals surface area contributed by atoms with Gasteiger partial charge in [0.25, 0.3) is 0 Å². The fourth-order valence-corrected chi connectivity index (χ4v) is 1.34. The maximum absolute atomic E-state index is 11.5. The van der Waals surface area contributed by atoms with E-state index in [4.69, 9.17) is 14.7 Å². The second-order valence-corrected chi connectivity index (χ2v) is 2.85. The van der Waals surface area contributed by atoms with Gasteiger partial charge in [0.15, 0.2) is 0 Å². The molecule has 4 nitrogen and oxygen atoms in total. The average Bonchev–Trinajstić information content (AvgIpc) is 2.55. The lowest BCUT2D eigenvalue weighted by molar-refractivity contribution is 0.0912. The number of benzene rings is 1. The molecule has 0 bridgehead atoms. The quantitative estimate of drug-likeness (QED) is 0.665. The van der Waals surface area contributed by atoms with Gasteiger partial charge < -0.3 is 9.47 Å². The van der Waals surface area contributed by atoms with Gasteiger partial charge in [-0.2, -0.15) is 5.26 Å². The van der Waals surface area contributed by atoms with Crippen LogP contribution in [0, 0.1) is 11.3 Å². The molecule has 1 aliphatic heterocycles. The van der Waals surface area contributed by atoms with E-state index in [0.29, 0.717) is 17.1 Å². The van der Waals surface area contributed by atoms with Gasteiger partial charge in [-0.15, -0.1) is 0 Å². The topological polar surface area (TPSA) is 59.3 Å². The van der Waals surface area contributed by atoms with Crippen molar-refractivity contribution in [2.24, 2.45) is 0 Å². The van der Waals surface area contributed by atoms with Gasteiger partial charge in [0.05, 0.1) is 12.7 Å². The number of carbonyl (C=O) groups is 1. The van der Waals surface area contributed by atoms with E-state index in [2.05, 4.69) is 0 Å². The van der Waals surface area contributed by atoms with Gasteiger partial charge in [-0.3, -0.25) is 4.79 Å². The summed E-state index contributed by atoms with van der Waals surface area (Å²) in [7, 11) is 1.52. The van der Waals surface area contributed by atoms with Gasteiger partial charge in [-0.1, -0.05) is 0 Å². The Morgan fingerprint density at radius 3 is 3.00 bits per heavy atom. The largest absolute Gasteiger partial charge is 0.497 e. The molecule has 2 rings (SSSR count). The summed E-state index contributed by atoms with van der Waals surface area (Å²) in [4.78, 5) is 11.5. The highest BCUT2D eigenvalue weighted by Crippen LogP contribution is 2.31. The molecule has 0 unspecified atom stereocenters. The molecule has 0 saturated heterocycles. The second kappa shape index (κ2) is 3.04. The van der Waals surface area contributed by atoms with E-state index in [0.717, 1.165) is 0 Å². The minimum atomic E-state index is -1.00. The van der Waals surface area contributed by atoms with E-state index < -0.39 is 6.10 Å². The smallest absolute Gasteiger partial charge is 0.246 e. The molecule has 0 saturated carbocycles. The van der Waals surface area contributed by atoms with E-state index in [-0.39, 0.29) is 5.78 Å². The first-order valence-corrected chi connectivity index (χ1v) is 4.05. The first-order valence-electron chi connectivity index (χ1n) is 4.05. The lowest BCUT2D eigenvalue weighted by Gasteiger charge is -2.00. The molecule has 0 N–H and O–H groups in total. The van der Waals surface area contributed by atoms with Gasteiger partial charge in [-0.05, 0) is 18.2 Å². The molecule has 1 atom stereocenters. The number of methoxy groups -OCH3 is 1. The normalized spacial score (nSPS) is 18.3. The zero-order valence-electron chi connectivity index (χ0n) is 7.48. The third kappa shape index (κ3) is 1.11. The number of nitriles is 1. The van der Waals surface area contributed by atoms with Crippen molar-refractivity contribution in [2.45, 2.75) is 6.10 Å². The fourth-order valence-electron chi connectivity index (χ4n) is 1.34. The van der Waals surface area contributed by atoms with Crippen molar-refractivity contribution in [3.63, 3.8) is 0 Å². The molecule has 0 aliphatic carbocycles. The molecule has 1 heterocycles. The molecule has 4 heteroatoms. The molecule has 1 aromatic carbocycles. The van der Waals surface area contributed by atoms with E-state index in [1.165, 1.54) is 7.11 Å². The summed E-state index contributed by atoms with van der Waals surface area (Å²) in [5.41, 5.74) is 0.413. The zero-order chi connectivity index (χ0) is 10.1. The van der Waals surface area contributed by atoms with E-state index in [9.17, 15) is 4.79 Å². The Kier molecular flexibility index (Phi) is 1.86. The maximum atomic E-state index is 11.5. The minimum Gasteiger partial charge on any atom is -0.497 e. The lowest BCUT2D eigenvalue weighted by atomic mass is 10.1. The highest BCUT2D eigenvalue weighted by molar-refractivity contribution is 6.06. The van der Waals surface area contributed by atoms with Crippen molar-refractivity contribution < 1.29 is 14.3 Å². The first kappa shape index (κ1) is 8.57. The third-order valence-electron chi connectivity index (χ3n) is 2.05. The van der Waals surface area contributed by atoms with Crippen LogP contribution < -0.4 is 9.47 Å². The predicted octanol–water partition coefficient (Wildman–Crippen LogP) is 1.16. The molecule has 14 heavy (non-hydrogen) atoms. The summed E-state index contributed by atoms with van der Waals surface area (Å²) in [5, 5.41) is 8.61. The Balaban J connectivity index is 2.46. The Hall–Kier alpha value is -2.02. The predicted molar refractivity (Wildman–Crippen MR) is 47.4 cm³/mol. The summed E-state index contributed by atoms with van der Waals surface area (Å²) in [6, 6.07) is 6.68. The molecule has 70 valence electrons. The van der Waals surface area contributed by atoms with Crippen LogP contribution in [0.1, 0.15) is 10.4 Å². The molecule has 1 aromatic rings. The van der Waals surface area contributed by atoms with E-state index >= 15 is 0 Å². The molecule has 1 aliphatic rings. The van der Waals surface area contributed by atoms with Crippen molar-refractivity contribution in [1.82, 2.24) is 0 Å². The Morgan fingerprint density at radius 1 is 1.57 bits per heavy atom. The summed E-state index contributed by atoms with van der Waals surface area (Å²) >= 11 is 0. The monoisotopic (exact) mass is 189 g/mol. The Labute approximate surface area is 80.7 Å². The Morgan fingerprint density at radius 2 is 2.36 bits per heavy atom. The van der Waals surface area contributed by atoms with Crippen LogP contribution in [-0.2, 0) is 0 Å². The highest BCUT2D eigenvalue weighted by Gasteiger charge is 2.32. The maximum Gasteiger partial charge on any atom is 0.246 e. The molecular formula is C10H7NO3. The van der Waals surface area contributed by atoms with Crippen molar-refractivity contribution in [2.75, 3.05) is 7.11 Å². The number of hydrogen-bond donors (Lipinski definition) is 0. The first-order chi connectivity index (χ1) is 6.76. The van der Waals surface area contributed by atoms with Crippen molar-refractivity contribution >= 4 is 5.78 Å². The van der Waals surface area contributed by atoms with Crippen LogP contribution in [0.5, 0.6) is 11.5 Å². The van der Waals surface area contributed by atoms with Gasteiger partial charge in [0.1, 0.15) is 17.6 Å². The van der Waals surface area contributed by atoms with Gasteiger partial charge in [-0.25, -0.2) is 0 Å². The minimum absolute atomic E-state index is 0.304. The second-order valence-electron chi connectivity index (χ2n) is 2.85. The van der Waals surface area contributed by atoms with Crippen molar-refractivity contribution in [1.29, 1.82) is 5.26 Å². The number of ether oxygens (including phenoxy) is 2. The summed E-state index contributed by atoms with van der Waals surface area (Å²) in [5.74, 6) is 0.725. The number of fused-ring (bicyclic) bond motifs is 1. The van der Waals surface area contributed by atoms with Crippen LogP contribution in [0.4, 0.5) is 0 Å². The van der Waals surface area contributed by atoms with Crippen LogP contribution in [0.3, 0.4) is 0 Å². The molecule has 0 radical (unpaired) electrons. The molecule has 0 amide bonds. The number of Topliss-reactive ketones (excluding diaryl/α,β-unsaturated/α-hetero) is 1. The van der Waals surface area contributed by atoms with Crippen LogP contribution in [0.15, 0.2) is 18.2 Å². The van der Waals surface area contributed by atoms with Crippen molar-refractivity contribution in [3.8, 4) is 17.6 Å². The van der Waals surface area contributed by atoms with Crippen LogP contribution in [-0.4, -0.2) is 19.0 Å². The van der Waals surface area contributed by atoms with Crippen molar-refractivity contribution in [3.05, 3.63) is 23.8 Å². The molecule has 0 spiro atoms. The van der Waals surface area contributed by atoms with Gasteiger partial charge >= 0.3 is 0 Å². The number of carbonyl (C=O) groups excluding carboxylic acids is 1. The molecule has 0 aromatic heterocycles. The third-order valence-corrected chi connectivity index (χ3v) is 2.05.